The van der Waals surface area contributed by atoms with Gasteiger partial charge in [0, 0.05) is 5.56 Å². The minimum Gasteiger partial charge on any atom is -0.494 e. The topological polar surface area (TPSA) is 76.7 Å². The molecule has 0 saturated heterocycles. The Hall–Kier alpha value is -3.02. The average molecular weight is 413 g/mol. The molecule has 1 unspecified atom stereocenters. The summed E-state index contributed by atoms with van der Waals surface area (Å²) < 4.78 is 11.2. The number of hydrogen-bond acceptors (Lipinski definition) is 4. The number of anilines is 1. The van der Waals surface area contributed by atoms with E-state index in [2.05, 4.69) is 17.6 Å². The highest BCUT2D eigenvalue weighted by Gasteiger charge is 2.25. The van der Waals surface area contributed by atoms with Crippen LogP contribution in [0.1, 0.15) is 50.9 Å². The summed E-state index contributed by atoms with van der Waals surface area (Å²) in [6, 6.07) is 13.5. The summed E-state index contributed by atoms with van der Waals surface area (Å²) in [4.78, 5) is 25.6. The van der Waals surface area contributed by atoms with E-state index in [9.17, 15) is 9.59 Å². The Kier molecular flexibility index (Phi) is 9.19. The van der Waals surface area contributed by atoms with E-state index in [0.717, 1.165) is 12.8 Å². The monoisotopic (exact) mass is 412 g/mol. The number of para-hydroxylation sites is 2. The molecule has 0 saturated carbocycles. The van der Waals surface area contributed by atoms with Crippen molar-refractivity contribution in [1.29, 1.82) is 0 Å². The summed E-state index contributed by atoms with van der Waals surface area (Å²) in [5.74, 6) is 0.645. The predicted octanol–water partition coefficient (Wildman–Crippen LogP) is 4.66. The van der Waals surface area contributed by atoms with Crippen molar-refractivity contribution in [2.75, 3.05) is 18.5 Å². The van der Waals surface area contributed by atoms with Crippen LogP contribution in [0.25, 0.3) is 0 Å². The van der Waals surface area contributed by atoms with Crippen LogP contribution >= 0.6 is 0 Å². The summed E-state index contributed by atoms with van der Waals surface area (Å²) in [5.41, 5.74) is 1.07. The average Bonchev–Trinajstić information content (AvgIpc) is 2.73. The van der Waals surface area contributed by atoms with Crippen LogP contribution in [0.5, 0.6) is 11.5 Å². The molecule has 0 aromatic heterocycles. The molecule has 162 valence electrons. The Morgan fingerprint density at radius 1 is 0.967 bits per heavy atom. The lowest BCUT2D eigenvalue weighted by Gasteiger charge is -2.22. The number of rotatable bonds is 11. The van der Waals surface area contributed by atoms with Crippen molar-refractivity contribution in [3.8, 4) is 11.5 Å². The van der Waals surface area contributed by atoms with E-state index >= 15 is 0 Å². The molecular formula is C24H32N2O4. The summed E-state index contributed by atoms with van der Waals surface area (Å²) in [6.07, 6.45) is 1.97. The lowest BCUT2D eigenvalue weighted by molar-refractivity contribution is -0.118. The Balaban J connectivity index is 2.07. The third-order valence-corrected chi connectivity index (χ3v) is 4.56. The first-order chi connectivity index (χ1) is 14.5. The van der Waals surface area contributed by atoms with E-state index in [1.165, 1.54) is 0 Å². The maximum atomic E-state index is 12.9. The molecule has 2 amide bonds. The summed E-state index contributed by atoms with van der Waals surface area (Å²) in [5, 5.41) is 5.75. The second-order valence-corrected chi connectivity index (χ2v) is 7.34. The van der Waals surface area contributed by atoms with Crippen LogP contribution in [-0.2, 0) is 4.79 Å². The Morgan fingerprint density at radius 3 is 2.30 bits per heavy atom. The minimum absolute atomic E-state index is 0.0928. The van der Waals surface area contributed by atoms with Crippen LogP contribution in [0.15, 0.2) is 48.5 Å². The van der Waals surface area contributed by atoms with E-state index in [4.69, 9.17) is 9.47 Å². The lowest BCUT2D eigenvalue weighted by atomic mass is 10.0. The maximum absolute atomic E-state index is 12.9. The molecule has 2 N–H and O–H groups in total. The number of benzene rings is 2. The van der Waals surface area contributed by atoms with Crippen LogP contribution in [0.4, 0.5) is 5.69 Å². The number of carbonyl (C=O) groups is 2. The number of amides is 2. The molecule has 0 aliphatic rings. The van der Waals surface area contributed by atoms with Crippen LogP contribution in [0.3, 0.4) is 0 Å². The Labute approximate surface area is 179 Å². The fourth-order valence-electron chi connectivity index (χ4n) is 2.86. The highest BCUT2D eigenvalue weighted by Crippen LogP contribution is 2.24. The smallest absolute Gasteiger partial charge is 0.251 e. The fraction of sp³-hybridized carbons (Fsp3) is 0.417. The molecule has 0 aliphatic carbocycles. The number of carbonyl (C=O) groups excluding carboxylic acids is 2. The number of nitrogens with one attached hydrogen (secondary N) is 2. The highest BCUT2D eigenvalue weighted by atomic mass is 16.5. The second-order valence-electron chi connectivity index (χ2n) is 7.34. The van der Waals surface area contributed by atoms with Gasteiger partial charge in [-0.25, -0.2) is 0 Å². The minimum atomic E-state index is -0.687. The summed E-state index contributed by atoms with van der Waals surface area (Å²) >= 11 is 0. The Bertz CT molecular complexity index is 818. The second kappa shape index (κ2) is 11.9. The van der Waals surface area contributed by atoms with E-state index in [1.54, 1.807) is 30.3 Å². The molecule has 0 radical (unpaired) electrons. The quantitative estimate of drug-likeness (QED) is 0.527. The van der Waals surface area contributed by atoms with Crippen molar-refractivity contribution < 1.29 is 19.1 Å². The predicted molar refractivity (Wildman–Crippen MR) is 119 cm³/mol. The van der Waals surface area contributed by atoms with Crippen LogP contribution in [0, 0.1) is 5.92 Å². The molecule has 0 heterocycles. The van der Waals surface area contributed by atoms with Crippen molar-refractivity contribution >= 4 is 17.5 Å². The molecule has 0 fully saturated rings. The van der Waals surface area contributed by atoms with Gasteiger partial charge in [0.1, 0.15) is 17.5 Å². The van der Waals surface area contributed by atoms with Gasteiger partial charge in [-0.15, -0.1) is 0 Å². The fourth-order valence-corrected chi connectivity index (χ4v) is 2.86. The molecule has 2 rings (SSSR count). The molecule has 0 aliphatic heterocycles. The van der Waals surface area contributed by atoms with Crippen LogP contribution in [0.2, 0.25) is 0 Å². The van der Waals surface area contributed by atoms with Crippen LogP contribution in [-0.4, -0.2) is 31.1 Å². The normalized spacial score (nSPS) is 11.6. The molecule has 0 bridgehead atoms. The molecule has 6 heteroatoms. The molecule has 1 atom stereocenters. The zero-order valence-electron chi connectivity index (χ0n) is 18.2. The van der Waals surface area contributed by atoms with Gasteiger partial charge in [0.05, 0.1) is 18.9 Å². The number of hydrogen-bond donors (Lipinski definition) is 2. The van der Waals surface area contributed by atoms with E-state index < -0.39 is 6.04 Å². The van der Waals surface area contributed by atoms with Gasteiger partial charge in [0.25, 0.3) is 5.91 Å². The maximum Gasteiger partial charge on any atom is 0.251 e. The van der Waals surface area contributed by atoms with Gasteiger partial charge >= 0.3 is 0 Å². The molecule has 30 heavy (non-hydrogen) atoms. The van der Waals surface area contributed by atoms with Gasteiger partial charge in [-0.05, 0) is 55.7 Å². The summed E-state index contributed by atoms with van der Waals surface area (Å²) in [7, 11) is 0. The van der Waals surface area contributed by atoms with E-state index in [1.807, 2.05) is 39.0 Å². The third-order valence-electron chi connectivity index (χ3n) is 4.56. The van der Waals surface area contributed by atoms with Gasteiger partial charge in [0.15, 0.2) is 0 Å². The first-order valence-electron chi connectivity index (χ1n) is 10.5. The molecule has 2 aromatic carbocycles. The summed E-state index contributed by atoms with van der Waals surface area (Å²) in [6.45, 7) is 8.94. The third kappa shape index (κ3) is 6.79. The van der Waals surface area contributed by atoms with Crippen LogP contribution < -0.4 is 20.1 Å². The standard InChI is InChI=1S/C24H32N2O4/c1-5-7-16-30-21-11-9-8-10-20(21)25-24(28)22(17(3)4)26-23(27)18-12-14-19(15-13-18)29-6-2/h8-15,17,22H,5-7,16H2,1-4H3,(H,25,28)(H,26,27). The van der Waals surface area contributed by atoms with E-state index in [-0.39, 0.29) is 17.7 Å². The number of ether oxygens (including phenoxy) is 2. The largest absolute Gasteiger partial charge is 0.494 e. The molecule has 0 spiro atoms. The van der Waals surface area contributed by atoms with Gasteiger partial charge < -0.3 is 20.1 Å². The first kappa shape index (κ1) is 23.3. The Morgan fingerprint density at radius 2 is 1.67 bits per heavy atom. The molecule has 2 aromatic rings. The van der Waals surface area contributed by atoms with Gasteiger partial charge in [-0.3, -0.25) is 9.59 Å². The van der Waals surface area contributed by atoms with Crippen molar-refractivity contribution in [2.24, 2.45) is 5.92 Å². The van der Waals surface area contributed by atoms with Gasteiger partial charge in [-0.1, -0.05) is 39.3 Å². The van der Waals surface area contributed by atoms with Crippen molar-refractivity contribution in [3.05, 3.63) is 54.1 Å². The zero-order chi connectivity index (χ0) is 21.9. The van der Waals surface area contributed by atoms with Crippen molar-refractivity contribution in [3.63, 3.8) is 0 Å². The molecule has 6 nitrogen and oxygen atoms in total. The first-order valence-corrected chi connectivity index (χ1v) is 10.5. The van der Waals surface area contributed by atoms with E-state index in [0.29, 0.717) is 36.0 Å². The number of unbranched alkanes of at least 4 members (excludes halogenated alkanes) is 1. The van der Waals surface area contributed by atoms with Crippen molar-refractivity contribution in [2.45, 2.75) is 46.6 Å². The SMILES string of the molecule is CCCCOc1ccccc1NC(=O)C(NC(=O)c1ccc(OCC)cc1)C(C)C. The molecular weight excluding hydrogens is 380 g/mol. The van der Waals surface area contributed by atoms with Gasteiger partial charge in [0.2, 0.25) is 5.91 Å². The van der Waals surface area contributed by atoms with Gasteiger partial charge in [-0.2, -0.15) is 0 Å². The van der Waals surface area contributed by atoms with Crippen molar-refractivity contribution in [1.82, 2.24) is 5.32 Å². The highest BCUT2D eigenvalue weighted by molar-refractivity contribution is 6.01. The lowest BCUT2D eigenvalue weighted by Crippen LogP contribution is -2.47. The zero-order valence-corrected chi connectivity index (χ0v) is 18.2.